The Morgan fingerprint density at radius 3 is 2.40 bits per heavy atom. The number of carbonyl (C=O) groups excluding carboxylic acids is 1. The van der Waals surface area contributed by atoms with Crippen LogP contribution in [0.15, 0.2) is 42.5 Å². The molecule has 5 heteroatoms. The van der Waals surface area contributed by atoms with E-state index < -0.39 is 24.5 Å². The Kier molecular flexibility index (Phi) is 3.97. The van der Waals surface area contributed by atoms with Crippen molar-refractivity contribution in [3.05, 3.63) is 48.0 Å². The van der Waals surface area contributed by atoms with Crippen LogP contribution in [0.1, 0.15) is 5.56 Å². The van der Waals surface area contributed by atoms with Crippen molar-refractivity contribution >= 4 is 16.7 Å². The molecular formula is C15H13F3O2. The Balaban J connectivity index is 2.31. The van der Waals surface area contributed by atoms with E-state index in [9.17, 15) is 18.0 Å². The van der Waals surface area contributed by atoms with Crippen LogP contribution in [0, 0.1) is 5.92 Å². The lowest BCUT2D eigenvalue weighted by Crippen LogP contribution is -2.33. The van der Waals surface area contributed by atoms with E-state index in [2.05, 4.69) is 4.74 Å². The van der Waals surface area contributed by atoms with Crippen molar-refractivity contribution in [2.45, 2.75) is 12.6 Å². The number of benzene rings is 2. The average molecular weight is 282 g/mol. The van der Waals surface area contributed by atoms with E-state index >= 15 is 0 Å². The van der Waals surface area contributed by atoms with E-state index in [1.54, 1.807) is 18.2 Å². The summed E-state index contributed by atoms with van der Waals surface area (Å²) in [4.78, 5) is 11.3. The van der Waals surface area contributed by atoms with Crippen LogP contribution in [0.3, 0.4) is 0 Å². The Bertz CT molecular complexity index is 620. The van der Waals surface area contributed by atoms with E-state index in [1.807, 2.05) is 24.3 Å². The van der Waals surface area contributed by atoms with Gasteiger partial charge in [-0.2, -0.15) is 13.2 Å². The van der Waals surface area contributed by atoms with Gasteiger partial charge in [-0.3, -0.25) is 4.79 Å². The first kappa shape index (κ1) is 14.4. The smallest absolute Gasteiger partial charge is 0.402 e. The van der Waals surface area contributed by atoms with Gasteiger partial charge in [0.05, 0.1) is 7.11 Å². The largest absolute Gasteiger partial charge is 0.469 e. The minimum Gasteiger partial charge on any atom is -0.469 e. The van der Waals surface area contributed by atoms with Crippen molar-refractivity contribution in [1.82, 2.24) is 0 Å². The number of rotatable bonds is 3. The zero-order chi connectivity index (χ0) is 14.8. The third-order valence-electron chi connectivity index (χ3n) is 3.13. The number of methoxy groups -OCH3 is 1. The molecule has 1 atom stereocenters. The first-order valence-electron chi connectivity index (χ1n) is 6.04. The average Bonchev–Trinajstić information content (AvgIpc) is 2.42. The summed E-state index contributed by atoms with van der Waals surface area (Å²) in [5, 5.41) is 1.79. The van der Waals surface area contributed by atoms with Crippen molar-refractivity contribution in [1.29, 1.82) is 0 Å². The Labute approximate surface area is 114 Å². The predicted molar refractivity (Wildman–Crippen MR) is 69.2 cm³/mol. The lowest BCUT2D eigenvalue weighted by atomic mass is 9.97. The SMILES string of the molecule is COC(=O)C(Cc1ccc2ccccc2c1)C(F)(F)F. The molecule has 0 saturated carbocycles. The fourth-order valence-electron chi connectivity index (χ4n) is 2.08. The molecule has 20 heavy (non-hydrogen) atoms. The summed E-state index contributed by atoms with van der Waals surface area (Å²) in [5.41, 5.74) is 0.455. The van der Waals surface area contributed by atoms with Crippen molar-refractivity contribution in [2.75, 3.05) is 7.11 Å². The molecule has 0 bridgehead atoms. The second-order valence-electron chi connectivity index (χ2n) is 4.50. The lowest BCUT2D eigenvalue weighted by Gasteiger charge is -2.18. The van der Waals surface area contributed by atoms with Gasteiger partial charge < -0.3 is 4.74 Å². The Hall–Kier alpha value is -2.04. The van der Waals surface area contributed by atoms with Crippen molar-refractivity contribution in [3.8, 4) is 0 Å². The van der Waals surface area contributed by atoms with Gasteiger partial charge in [0.15, 0.2) is 5.92 Å². The molecule has 0 aromatic heterocycles. The number of ether oxygens (including phenoxy) is 1. The molecule has 0 aliphatic carbocycles. The highest BCUT2D eigenvalue weighted by Crippen LogP contribution is 2.31. The van der Waals surface area contributed by atoms with Gasteiger partial charge >= 0.3 is 12.1 Å². The number of carbonyl (C=O) groups is 1. The Morgan fingerprint density at radius 1 is 1.15 bits per heavy atom. The molecule has 0 aliphatic heterocycles. The van der Waals surface area contributed by atoms with Crippen LogP contribution in [0.4, 0.5) is 13.2 Å². The molecule has 0 saturated heterocycles. The fraction of sp³-hybridized carbons (Fsp3) is 0.267. The molecule has 2 nitrogen and oxygen atoms in total. The molecule has 0 spiro atoms. The standard InChI is InChI=1S/C15H13F3O2/c1-20-14(19)13(15(16,17)18)9-10-6-7-11-4-2-3-5-12(11)8-10/h2-8,13H,9H2,1H3. The molecule has 0 fully saturated rings. The molecule has 1 unspecified atom stereocenters. The molecule has 0 radical (unpaired) electrons. The highest BCUT2D eigenvalue weighted by atomic mass is 19.4. The monoisotopic (exact) mass is 282 g/mol. The van der Waals surface area contributed by atoms with Gasteiger partial charge in [0, 0.05) is 0 Å². The minimum atomic E-state index is -4.61. The fourth-order valence-corrected chi connectivity index (χ4v) is 2.08. The molecule has 106 valence electrons. The highest BCUT2D eigenvalue weighted by Gasteiger charge is 2.45. The van der Waals surface area contributed by atoms with E-state index in [0.717, 1.165) is 17.9 Å². The summed E-state index contributed by atoms with van der Waals surface area (Å²) in [6, 6.07) is 12.4. The number of alkyl halides is 3. The summed E-state index contributed by atoms with van der Waals surface area (Å²) in [6.45, 7) is 0. The van der Waals surface area contributed by atoms with Crippen molar-refractivity contribution < 1.29 is 22.7 Å². The van der Waals surface area contributed by atoms with E-state index in [1.165, 1.54) is 0 Å². The lowest BCUT2D eigenvalue weighted by molar-refractivity contribution is -0.195. The van der Waals surface area contributed by atoms with Crippen LogP contribution < -0.4 is 0 Å². The number of hydrogen-bond donors (Lipinski definition) is 0. The zero-order valence-corrected chi connectivity index (χ0v) is 10.8. The quantitative estimate of drug-likeness (QED) is 0.802. The van der Waals surface area contributed by atoms with Crippen LogP contribution in [0.25, 0.3) is 10.8 Å². The Morgan fingerprint density at radius 2 is 1.80 bits per heavy atom. The van der Waals surface area contributed by atoms with Gasteiger partial charge in [-0.1, -0.05) is 42.5 Å². The van der Waals surface area contributed by atoms with E-state index in [-0.39, 0.29) is 0 Å². The topological polar surface area (TPSA) is 26.3 Å². The van der Waals surface area contributed by atoms with Gasteiger partial charge in [-0.15, -0.1) is 0 Å². The summed E-state index contributed by atoms with van der Waals surface area (Å²) in [6.07, 6.45) is -5.03. The maximum absolute atomic E-state index is 12.9. The van der Waals surface area contributed by atoms with Gasteiger partial charge in [0.1, 0.15) is 0 Å². The number of fused-ring (bicyclic) bond motifs is 1. The van der Waals surface area contributed by atoms with Gasteiger partial charge in [0.2, 0.25) is 0 Å². The molecule has 2 rings (SSSR count). The number of halogens is 3. The van der Waals surface area contributed by atoms with Gasteiger partial charge in [-0.05, 0) is 22.8 Å². The summed E-state index contributed by atoms with van der Waals surface area (Å²) >= 11 is 0. The van der Waals surface area contributed by atoms with Crippen molar-refractivity contribution in [3.63, 3.8) is 0 Å². The highest BCUT2D eigenvalue weighted by molar-refractivity contribution is 5.83. The predicted octanol–water partition coefficient (Wildman–Crippen LogP) is 3.73. The maximum atomic E-state index is 12.9. The molecule has 0 N–H and O–H groups in total. The summed E-state index contributed by atoms with van der Waals surface area (Å²) in [7, 11) is 0.960. The number of esters is 1. The first-order chi connectivity index (χ1) is 9.41. The molecule has 0 heterocycles. The molecule has 0 amide bonds. The van der Waals surface area contributed by atoms with Crippen LogP contribution in [-0.4, -0.2) is 19.3 Å². The summed E-state index contributed by atoms with van der Waals surface area (Å²) < 4.78 is 42.8. The van der Waals surface area contributed by atoms with E-state index in [4.69, 9.17) is 0 Å². The summed E-state index contributed by atoms with van der Waals surface area (Å²) in [5.74, 6) is -3.39. The maximum Gasteiger partial charge on any atom is 0.402 e. The molecule has 2 aromatic rings. The van der Waals surface area contributed by atoms with Crippen LogP contribution >= 0.6 is 0 Å². The molecule has 2 aromatic carbocycles. The minimum absolute atomic E-state index is 0.416. The van der Waals surface area contributed by atoms with Gasteiger partial charge in [0.25, 0.3) is 0 Å². The molecule has 0 aliphatic rings. The van der Waals surface area contributed by atoms with Crippen LogP contribution in [0.2, 0.25) is 0 Å². The second-order valence-corrected chi connectivity index (χ2v) is 4.50. The molecular weight excluding hydrogens is 269 g/mol. The van der Waals surface area contributed by atoms with Crippen molar-refractivity contribution in [2.24, 2.45) is 5.92 Å². The van der Waals surface area contributed by atoms with Crippen LogP contribution in [0.5, 0.6) is 0 Å². The number of hydrogen-bond acceptors (Lipinski definition) is 2. The third kappa shape index (κ3) is 3.10. The third-order valence-corrected chi connectivity index (χ3v) is 3.13. The van der Waals surface area contributed by atoms with Crippen LogP contribution in [-0.2, 0) is 16.0 Å². The van der Waals surface area contributed by atoms with E-state index in [0.29, 0.717) is 5.56 Å². The normalized spacial score (nSPS) is 13.2. The van der Waals surface area contributed by atoms with Gasteiger partial charge in [-0.25, -0.2) is 0 Å². The zero-order valence-electron chi connectivity index (χ0n) is 10.8. The second kappa shape index (κ2) is 5.53. The first-order valence-corrected chi connectivity index (χ1v) is 6.04.